The Bertz CT molecular complexity index is 1020. The molecular formula is C18H10ClNO2. The Kier molecular flexibility index (Phi) is 2.94. The summed E-state index contributed by atoms with van der Waals surface area (Å²) in [7, 11) is 0. The van der Waals surface area contributed by atoms with Gasteiger partial charge in [-0.15, -0.1) is 0 Å². The first-order valence-corrected chi connectivity index (χ1v) is 7.16. The second-order valence-corrected chi connectivity index (χ2v) is 5.50. The number of aldehydes is 1. The minimum atomic E-state index is 0.623. The van der Waals surface area contributed by atoms with Gasteiger partial charge in [-0.25, -0.2) is 4.98 Å². The first kappa shape index (κ1) is 13.0. The number of pyridine rings is 1. The van der Waals surface area contributed by atoms with Gasteiger partial charge >= 0.3 is 0 Å². The number of hydrogen-bond donors (Lipinski definition) is 0. The average Bonchev–Trinajstić information content (AvgIpc) is 2.97. The number of rotatable bonds is 2. The minimum Gasteiger partial charge on any atom is -0.454 e. The first-order valence-electron chi connectivity index (χ1n) is 6.78. The van der Waals surface area contributed by atoms with Gasteiger partial charge in [0.05, 0.1) is 5.52 Å². The lowest BCUT2D eigenvalue weighted by molar-refractivity contribution is 0.112. The molecular weight excluding hydrogens is 298 g/mol. The fraction of sp³-hybridized carbons (Fsp3) is 0. The lowest BCUT2D eigenvalue weighted by Gasteiger charge is -2.00. The van der Waals surface area contributed by atoms with E-state index in [1.807, 2.05) is 36.4 Å². The number of carbonyl (C=O) groups excluding carboxylic acids is 1. The maximum Gasteiger partial charge on any atom is 0.153 e. The second kappa shape index (κ2) is 4.97. The van der Waals surface area contributed by atoms with Crippen molar-refractivity contribution in [2.75, 3.05) is 0 Å². The topological polar surface area (TPSA) is 43.1 Å². The zero-order valence-corrected chi connectivity index (χ0v) is 12.2. The van der Waals surface area contributed by atoms with E-state index in [4.69, 9.17) is 16.0 Å². The van der Waals surface area contributed by atoms with Crippen molar-refractivity contribution in [3.63, 3.8) is 0 Å². The zero-order valence-electron chi connectivity index (χ0n) is 11.4. The van der Waals surface area contributed by atoms with E-state index in [1.165, 1.54) is 0 Å². The van der Waals surface area contributed by atoms with Crippen LogP contribution in [0.3, 0.4) is 0 Å². The molecule has 4 aromatic rings. The molecule has 0 aliphatic rings. The molecule has 22 heavy (non-hydrogen) atoms. The standard InChI is InChI=1S/C18H10ClNO2/c19-14-4-2-12-3-5-15(20-16(12)9-14)18-8-13-7-11(10-21)1-6-17(13)22-18/h1-10H. The van der Waals surface area contributed by atoms with Crippen molar-refractivity contribution in [1.29, 1.82) is 0 Å². The van der Waals surface area contributed by atoms with E-state index in [0.717, 1.165) is 33.9 Å². The summed E-state index contributed by atoms with van der Waals surface area (Å²) in [5.41, 5.74) is 2.91. The average molecular weight is 308 g/mol. The quantitative estimate of drug-likeness (QED) is 0.483. The third kappa shape index (κ3) is 2.16. The molecule has 0 saturated carbocycles. The molecule has 0 atom stereocenters. The summed E-state index contributed by atoms with van der Waals surface area (Å²) in [6, 6.07) is 16.7. The molecule has 0 spiro atoms. The first-order chi connectivity index (χ1) is 10.7. The Labute approximate surface area is 131 Å². The largest absolute Gasteiger partial charge is 0.454 e. The number of halogens is 1. The lowest BCUT2D eigenvalue weighted by atomic mass is 10.1. The number of nitrogens with zero attached hydrogens (tertiary/aromatic N) is 1. The number of benzene rings is 2. The molecule has 0 aliphatic heterocycles. The molecule has 0 unspecified atom stereocenters. The van der Waals surface area contributed by atoms with Crippen molar-refractivity contribution in [2.45, 2.75) is 0 Å². The van der Waals surface area contributed by atoms with Gasteiger partial charge in [-0.05, 0) is 42.5 Å². The van der Waals surface area contributed by atoms with Crippen molar-refractivity contribution in [3.8, 4) is 11.5 Å². The van der Waals surface area contributed by atoms with Gasteiger partial charge < -0.3 is 4.42 Å². The number of hydrogen-bond acceptors (Lipinski definition) is 3. The predicted octanol–water partition coefficient (Wildman–Crippen LogP) is 5.11. The summed E-state index contributed by atoms with van der Waals surface area (Å²) in [5, 5.41) is 2.55. The van der Waals surface area contributed by atoms with Gasteiger partial charge in [0.1, 0.15) is 17.6 Å². The van der Waals surface area contributed by atoms with Crippen LogP contribution in [0.15, 0.2) is 59.0 Å². The van der Waals surface area contributed by atoms with Crippen molar-refractivity contribution in [3.05, 3.63) is 65.2 Å². The molecule has 4 heteroatoms. The summed E-state index contributed by atoms with van der Waals surface area (Å²) in [6.07, 6.45) is 0.822. The molecule has 4 rings (SSSR count). The van der Waals surface area contributed by atoms with E-state index in [2.05, 4.69) is 4.98 Å². The normalized spacial score (nSPS) is 11.1. The molecule has 2 aromatic heterocycles. The Morgan fingerprint density at radius 1 is 0.955 bits per heavy atom. The number of aromatic nitrogens is 1. The van der Waals surface area contributed by atoms with E-state index in [0.29, 0.717) is 16.3 Å². The number of fused-ring (bicyclic) bond motifs is 2. The molecule has 0 aliphatic carbocycles. The van der Waals surface area contributed by atoms with E-state index < -0.39 is 0 Å². The van der Waals surface area contributed by atoms with Crippen LogP contribution in [0.1, 0.15) is 10.4 Å². The van der Waals surface area contributed by atoms with Crippen LogP contribution in [0.4, 0.5) is 0 Å². The van der Waals surface area contributed by atoms with Crippen LogP contribution in [0.25, 0.3) is 33.3 Å². The Morgan fingerprint density at radius 2 is 1.82 bits per heavy atom. The van der Waals surface area contributed by atoms with Crippen LogP contribution in [0, 0.1) is 0 Å². The minimum absolute atomic E-state index is 0.623. The fourth-order valence-corrected chi connectivity index (χ4v) is 2.66. The monoisotopic (exact) mass is 307 g/mol. The third-order valence-electron chi connectivity index (χ3n) is 3.58. The van der Waals surface area contributed by atoms with Crippen molar-refractivity contribution >= 4 is 39.8 Å². The zero-order chi connectivity index (χ0) is 15.1. The summed E-state index contributed by atoms with van der Waals surface area (Å²) in [4.78, 5) is 15.4. The summed E-state index contributed by atoms with van der Waals surface area (Å²) < 4.78 is 5.82. The molecule has 3 nitrogen and oxygen atoms in total. The van der Waals surface area contributed by atoms with Crippen LogP contribution in [-0.2, 0) is 0 Å². The smallest absolute Gasteiger partial charge is 0.153 e. The van der Waals surface area contributed by atoms with Crippen LogP contribution < -0.4 is 0 Å². The van der Waals surface area contributed by atoms with E-state index in [1.54, 1.807) is 18.2 Å². The summed E-state index contributed by atoms with van der Waals surface area (Å²) in [5.74, 6) is 0.667. The Morgan fingerprint density at radius 3 is 2.68 bits per heavy atom. The van der Waals surface area contributed by atoms with Gasteiger partial charge in [0.15, 0.2) is 5.76 Å². The molecule has 0 saturated heterocycles. The highest BCUT2D eigenvalue weighted by Crippen LogP contribution is 2.29. The van der Waals surface area contributed by atoms with E-state index in [9.17, 15) is 4.79 Å². The van der Waals surface area contributed by atoms with Gasteiger partial charge in [0, 0.05) is 21.4 Å². The molecule has 2 aromatic carbocycles. The van der Waals surface area contributed by atoms with Gasteiger partial charge in [-0.3, -0.25) is 4.79 Å². The van der Waals surface area contributed by atoms with Crippen LogP contribution in [0.2, 0.25) is 5.02 Å². The van der Waals surface area contributed by atoms with Crippen LogP contribution in [0.5, 0.6) is 0 Å². The fourth-order valence-electron chi connectivity index (χ4n) is 2.49. The Hall–Kier alpha value is -2.65. The molecule has 0 fully saturated rings. The molecule has 106 valence electrons. The third-order valence-corrected chi connectivity index (χ3v) is 3.82. The number of carbonyl (C=O) groups is 1. The van der Waals surface area contributed by atoms with Crippen LogP contribution in [-0.4, -0.2) is 11.3 Å². The molecule has 0 bridgehead atoms. The highest BCUT2D eigenvalue weighted by molar-refractivity contribution is 6.31. The molecule has 0 amide bonds. The van der Waals surface area contributed by atoms with Gasteiger partial charge in [-0.1, -0.05) is 23.7 Å². The lowest BCUT2D eigenvalue weighted by Crippen LogP contribution is -1.83. The SMILES string of the molecule is O=Cc1ccc2oc(-c3ccc4ccc(Cl)cc4n3)cc2c1. The van der Waals surface area contributed by atoms with Crippen molar-refractivity contribution in [1.82, 2.24) is 4.98 Å². The van der Waals surface area contributed by atoms with Crippen molar-refractivity contribution < 1.29 is 9.21 Å². The second-order valence-electron chi connectivity index (χ2n) is 5.06. The molecule has 0 radical (unpaired) electrons. The van der Waals surface area contributed by atoms with Gasteiger partial charge in [-0.2, -0.15) is 0 Å². The summed E-state index contributed by atoms with van der Waals surface area (Å²) in [6.45, 7) is 0. The Balaban J connectivity index is 1.88. The highest BCUT2D eigenvalue weighted by Gasteiger charge is 2.09. The van der Waals surface area contributed by atoms with Crippen LogP contribution >= 0.6 is 11.6 Å². The van der Waals surface area contributed by atoms with Crippen molar-refractivity contribution in [2.24, 2.45) is 0 Å². The van der Waals surface area contributed by atoms with E-state index in [-0.39, 0.29) is 0 Å². The number of furan rings is 1. The van der Waals surface area contributed by atoms with E-state index >= 15 is 0 Å². The maximum atomic E-state index is 10.8. The van der Waals surface area contributed by atoms with Gasteiger partial charge in [0.2, 0.25) is 0 Å². The van der Waals surface area contributed by atoms with Gasteiger partial charge in [0.25, 0.3) is 0 Å². The predicted molar refractivity (Wildman–Crippen MR) is 87.3 cm³/mol. The highest BCUT2D eigenvalue weighted by atomic mass is 35.5. The molecule has 2 heterocycles. The summed E-state index contributed by atoms with van der Waals surface area (Å²) >= 11 is 6.02. The maximum absolute atomic E-state index is 10.8. The molecule has 0 N–H and O–H groups in total.